The van der Waals surface area contributed by atoms with Crippen LogP contribution in [0, 0.1) is 6.92 Å². The van der Waals surface area contributed by atoms with Crippen molar-refractivity contribution in [1.29, 1.82) is 0 Å². The molecule has 8 heteroatoms. The average Bonchev–Trinajstić information content (AvgIpc) is 3.24. The summed E-state index contributed by atoms with van der Waals surface area (Å²) in [5, 5.41) is 4.25. The van der Waals surface area contributed by atoms with Gasteiger partial charge in [-0.3, -0.25) is 4.79 Å². The molecule has 0 aromatic carbocycles. The van der Waals surface area contributed by atoms with E-state index in [0.29, 0.717) is 18.9 Å². The van der Waals surface area contributed by atoms with Crippen LogP contribution in [0.4, 0.5) is 5.82 Å². The van der Waals surface area contributed by atoms with Crippen molar-refractivity contribution in [1.82, 2.24) is 24.5 Å². The second kappa shape index (κ2) is 5.77. The van der Waals surface area contributed by atoms with E-state index in [2.05, 4.69) is 20.0 Å². The second-order valence-corrected chi connectivity index (χ2v) is 6.07. The van der Waals surface area contributed by atoms with Crippen LogP contribution in [0.15, 0.2) is 12.4 Å². The normalized spacial score (nSPS) is 22.0. The zero-order chi connectivity index (χ0) is 15.8. The van der Waals surface area contributed by atoms with Gasteiger partial charge in [-0.05, 0) is 19.8 Å². The highest BCUT2D eigenvalue weighted by atomic mass is 16.5. The van der Waals surface area contributed by atoms with E-state index in [4.69, 9.17) is 4.74 Å². The largest absolute Gasteiger partial charge is 0.365 e. The van der Waals surface area contributed by atoms with Gasteiger partial charge in [0.25, 0.3) is 11.7 Å². The van der Waals surface area contributed by atoms with Gasteiger partial charge in [-0.2, -0.15) is 14.6 Å². The quantitative estimate of drug-likeness (QED) is 0.791. The number of likely N-dealkylation sites (tertiary alicyclic amines) is 1. The highest BCUT2D eigenvalue weighted by molar-refractivity contribution is 5.82. The molecule has 2 aromatic heterocycles. The first-order valence-electron chi connectivity index (χ1n) is 8.05. The Hall–Kier alpha value is -2.22. The maximum atomic E-state index is 12.6. The zero-order valence-electron chi connectivity index (χ0n) is 13.2. The van der Waals surface area contributed by atoms with Gasteiger partial charge in [0, 0.05) is 31.4 Å². The van der Waals surface area contributed by atoms with Crippen molar-refractivity contribution < 1.29 is 9.53 Å². The number of amides is 1. The summed E-state index contributed by atoms with van der Waals surface area (Å²) in [6.07, 6.45) is 3.27. The van der Waals surface area contributed by atoms with Gasteiger partial charge in [-0.25, -0.2) is 4.98 Å². The first-order valence-corrected chi connectivity index (χ1v) is 8.05. The number of anilines is 1. The molecule has 2 aliphatic rings. The molecule has 0 bridgehead atoms. The van der Waals surface area contributed by atoms with Gasteiger partial charge >= 0.3 is 0 Å². The molecule has 4 rings (SSSR count). The first kappa shape index (κ1) is 14.4. The third-order valence-electron chi connectivity index (χ3n) is 4.44. The van der Waals surface area contributed by atoms with E-state index in [1.165, 1.54) is 6.33 Å². The molecule has 4 heterocycles. The minimum Gasteiger partial charge on any atom is -0.365 e. The van der Waals surface area contributed by atoms with Gasteiger partial charge < -0.3 is 14.5 Å². The lowest BCUT2D eigenvalue weighted by molar-refractivity contribution is -0.143. The molecule has 0 radical (unpaired) electrons. The van der Waals surface area contributed by atoms with Crippen molar-refractivity contribution in [3.8, 4) is 0 Å². The van der Waals surface area contributed by atoms with E-state index in [0.717, 1.165) is 44.0 Å². The van der Waals surface area contributed by atoms with Gasteiger partial charge in [0.15, 0.2) is 6.10 Å². The summed E-state index contributed by atoms with van der Waals surface area (Å²) in [7, 11) is 0. The molecule has 1 amide bonds. The molecule has 2 aromatic rings. The Morgan fingerprint density at radius 2 is 2.13 bits per heavy atom. The summed E-state index contributed by atoms with van der Waals surface area (Å²) in [6.45, 7) is 5.42. The van der Waals surface area contributed by atoms with Gasteiger partial charge in [0.05, 0.1) is 13.2 Å². The fourth-order valence-corrected chi connectivity index (χ4v) is 3.28. The molecule has 2 saturated heterocycles. The van der Waals surface area contributed by atoms with Crippen LogP contribution in [-0.2, 0) is 9.53 Å². The van der Waals surface area contributed by atoms with E-state index in [-0.39, 0.29) is 5.91 Å². The molecule has 2 fully saturated rings. The molecule has 1 atom stereocenters. The lowest BCUT2D eigenvalue weighted by Crippen LogP contribution is -2.51. The number of aryl methyl sites for hydroxylation is 1. The van der Waals surface area contributed by atoms with Crippen molar-refractivity contribution in [3.63, 3.8) is 0 Å². The Balaban J connectivity index is 1.58. The lowest BCUT2D eigenvalue weighted by Gasteiger charge is -2.35. The molecular weight excluding hydrogens is 296 g/mol. The molecule has 8 nitrogen and oxygen atoms in total. The topological polar surface area (TPSA) is 75.9 Å². The number of aromatic nitrogens is 4. The Labute approximate surface area is 134 Å². The maximum Gasteiger partial charge on any atom is 0.254 e. The molecule has 0 spiro atoms. The van der Waals surface area contributed by atoms with Crippen LogP contribution in [0.25, 0.3) is 5.78 Å². The molecule has 0 saturated carbocycles. The monoisotopic (exact) mass is 316 g/mol. The van der Waals surface area contributed by atoms with E-state index >= 15 is 0 Å². The highest BCUT2D eigenvalue weighted by Crippen LogP contribution is 2.20. The van der Waals surface area contributed by atoms with Crippen LogP contribution in [0.1, 0.15) is 18.5 Å². The number of ether oxygens (including phenoxy) is 1. The molecule has 2 aliphatic heterocycles. The van der Waals surface area contributed by atoms with E-state index < -0.39 is 6.10 Å². The fourth-order valence-electron chi connectivity index (χ4n) is 3.28. The first-order chi connectivity index (χ1) is 11.2. The van der Waals surface area contributed by atoms with Crippen molar-refractivity contribution in [3.05, 3.63) is 18.1 Å². The van der Waals surface area contributed by atoms with Crippen LogP contribution in [-0.4, -0.2) is 69.3 Å². The lowest BCUT2D eigenvalue weighted by atomic mass is 10.2. The van der Waals surface area contributed by atoms with Crippen molar-refractivity contribution >= 4 is 17.5 Å². The number of carbonyl (C=O) groups is 1. The molecule has 23 heavy (non-hydrogen) atoms. The third-order valence-corrected chi connectivity index (χ3v) is 4.44. The predicted octanol–water partition coefficient (Wildman–Crippen LogP) is 0.260. The number of nitrogens with zero attached hydrogens (tertiary/aromatic N) is 6. The minimum absolute atomic E-state index is 0.104. The van der Waals surface area contributed by atoms with Crippen LogP contribution in [0.2, 0.25) is 0 Å². The summed E-state index contributed by atoms with van der Waals surface area (Å²) < 4.78 is 7.45. The number of morpholine rings is 1. The summed E-state index contributed by atoms with van der Waals surface area (Å²) in [5.74, 6) is 1.59. The van der Waals surface area contributed by atoms with E-state index in [9.17, 15) is 4.79 Å². The standard InChI is InChI=1S/C15H20N6O2/c1-11-8-13(21-15(18-11)16-10-17-21)20-6-7-23-12(9-20)14(22)19-4-2-3-5-19/h8,10,12H,2-7,9H2,1H3. The SMILES string of the molecule is Cc1cc(N2CCOC(C(=O)N3CCCC3)C2)n2ncnc2n1. The van der Waals surface area contributed by atoms with Crippen LogP contribution < -0.4 is 4.90 Å². The average molecular weight is 316 g/mol. The van der Waals surface area contributed by atoms with Gasteiger partial charge in [0.1, 0.15) is 12.1 Å². The summed E-state index contributed by atoms with van der Waals surface area (Å²) in [5.41, 5.74) is 0.884. The number of hydrogen-bond acceptors (Lipinski definition) is 6. The number of rotatable bonds is 2. The minimum atomic E-state index is -0.408. The molecule has 122 valence electrons. The summed E-state index contributed by atoms with van der Waals surface area (Å²) in [4.78, 5) is 25.2. The van der Waals surface area contributed by atoms with Crippen LogP contribution in [0.3, 0.4) is 0 Å². The van der Waals surface area contributed by atoms with Crippen molar-refractivity contribution in [2.24, 2.45) is 0 Å². The Kier molecular flexibility index (Phi) is 3.60. The molecular formula is C15H20N6O2. The van der Waals surface area contributed by atoms with E-state index in [1.54, 1.807) is 4.52 Å². The van der Waals surface area contributed by atoms with Gasteiger partial charge in [0.2, 0.25) is 0 Å². The molecule has 1 unspecified atom stereocenters. The van der Waals surface area contributed by atoms with Gasteiger partial charge in [-0.15, -0.1) is 0 Å². The summed E-state index contributed by atoms with van der Waals surface area (Å²) in [6, 6.07) is 1.98. The van der Waals surface area contributed by atoms with Crippen LogP contribution in [0.5, 0.6) is 0 Å². The fraction of sp³-hybridized carbons (Fsp3) is 0.600. The highest BCUT2D eigenvalue weighted by Gasteiger charge is 2.32. The molecule has 0 N–H and O–H groups in total. The maximum absolute atomic E-state index is 12.6. The van der Waals surface area contributed by atoms with Gasteiger partial charge in [-0.1, -0.05) is 0 Å². The predicted molar refractivity (Wildman–Crippen MR) is 83.3 cm³/mol. The van der Waals surface area contributed by atoms with Crippen molar-refractivity contribution in [2.45, 2.75) is 25.9 Å². The number of hydrogen-bond donors (Lipinski definition) is 0. The zero-order valence-corrected chi connectivity index (χ0v) is 13.2. The smallest absolute Gasteiger partial charge is 0.254 e. The Morgan fingerprint density at radius 1 is 1.30 bits per heavy atom. The Bertz CT molecular complexity index is 724. The van der Waals surface area contributed by atoms with E-state index in [1.807, 2.05) is 17.9 Å². The number of carbonyl (C=O) groups excluding carboxylic acids is 1. The van der Waals surface area contributed by atoms with Crippen molar-refractivity contribution in [2.75, 3.05) is 37.7 Å². The molecule has 0 aliphatic carbocycles. The number of fused-ring (bicyclic) bond motifs is 1. The third kappa shape index (κ3) is 2.63. The second-order valence-electron chi connectivity index (χ2n) is 6.07. The summed E-state index contributed by atoms with van der Waals surface area (Å²) >= 11 is 0. The Morgan fingerprint density at radius 3 is 2.96 bits per heavy atom. The van der Waals surface area contributed by atoms with Crippen LogP contribution >= 0.6 is 0 Å².